The first-order chi connectivity index (χ1) is 4.66. The Labute approximate surface area is 61.5 Å². The van der Waals surface area contributed by atoms with Crippen molar-refractivity contribution >= 4 is 6.69 Å². The normalized spacial score (nSPS) is 53.4. The zero-order valence-corrected chi connectivity index (χ0v) is 6.67. The molecular formula is C6H14BNO2. The molecule has 0 aliphatic carbocycles. The number of rotatable bonds is 0. The number of hydrogen-bond donors (Lipinski definition) is 0. The summed E-state index contributed by atoms with van der Waals surface area (Å²) in [6.07, 6.45) is 0. The molecule has 0 aromatic heterocycles. The van der Waals surface area contributed by atoms with Crippen LogP contribution in [-0.4, -0.2) is 44.4 Å². The van der Waals surface area contributed by atoms with Crippen LogP contribution in [0.3, 0.4) is 0 Å². The van der Waals surface area contributed by atoms with E-state index in [-0.39, 0.29) is 0 Å². The fourth-order valence-electron chi connectivity index (χ4n) is 1.95. The van der Waals surface area contributed by atoms with Crippen LogP contribution in [0.15, 0.2) is 0 Å². The zero-order chi connectivity index (χ0) is 7.24. The zero-order valence-electron chi connectivity index (χ0n) is 6.67. The van der Waals surface area contributed by atoms with Gasteiger partial charge < -0.3 is 13.7 Å². The maximum atomic E-state index is 5.58. The van der Waals surface area contributed by atoms with Gasteiger partial charge >= 0.3 is 6.69 Å². The molecule has 2 saturated heterocycles. The van der Waals surface area contributed by atoms with Gasteiger partial charge in [-0.05, 0) is 0 Å². The monoisotopic (exact) mass is 143 g/mol. The predicted octanol–water partition coefficient (Wildman–Crippen LogP) is 0.0621. The highest BCUT2D eigenvalue weighted by atomic mass is 16.6. The minimum Gasteiger partial charge on any atom is -0.510 e. The molecule has 0 saturated carbocycles. The molecule has 0 radical (unpaired) electrons. The second-order valence-corrected chi connectivity index (χ2v) is 3.70. The number of fused-ring (bicyclic) bond motifs is 1. The highest BCUT2D eigenvalue weighted by molar-refractivity contribution is 6.59. The Bertz CT molecular complexity index is 136. The lowest BCUT2D eigenvalue weighted by Gasteiger charge is -2.40. The highest BCUT2D eigenvalue weighted by Crippen LogP contribution is 2.31. The average molecular weight is 143 g/mol. The van der Waals surface area contributed by atoms with Crippen molar-refractivity contribution in [3.63, 3.8) is 0 Å². The lowest BCUT2D eigenvalue weighted by molar-refractivity contribution is -0.800. The Hall–Kier alpha value is -0.0551. The highest BCUT2D eigenvalue weighted by Gasteiger charge is 2.51. The molecule has 0 aromatic carbocycles. The summed E-state index contributed by atoms with van der Waals surface area (Å²) in [5, 5.41) is 0. The van der Waals surface area contributed by atoms with Crippen LogP contribution in [0.5, 0.6) is 0 Å². The van der Waals surface area contributed by atoms with Gasteiger partial charge in [0.2, 0.25) is 0 Å². The second-order valence-electron chi connectivity index (χ2n) is 3.70. The summed E-state index contributed by atoms with van der Waals surface area (Å²) >= 11 is 0. The minimum absolute atomic E-state index is 0.868. The Kier molecular flexibility index (Phi) is 1.16. The Morgan fingerprint density at radius 1 is 1.20 bits per heavy atom. The molecule has 0 aromatic rings. The molecule has 0 spiro atoms. The van der Waals surface area contributed by atoms with Crippen LogP contribution in [0.1, 0.15) is 0 Å². The summed E-state index contributed by atoms with van der Waals surface area (Å²) in [4.78, 5) is 0. The van der Waals surface area contributed by atoms with E-state index in [0.717, 1.165) is 30.7 Å². The number of quaternary nitrogens is 1. The summed E-state index contributed by atoms with van der Waals surface area (Å²) in [6.45, 7) is 5.12. The maximum Gasteiger partial charge on any atom is 0.469 e. The summed E-state index contributed by atoms with van der Waals surface area (Å²) in [6, 6.07) is 0. The molecule has 4 heteroatoms. The summed E-state index contributed by atoms with van der Waals surface area (Å²) in [5.74, 6) is 0. The van der Waals surface area contributed by atoms with Crippen LogP contribution in [0.4, 0.5) is 0 Å². The standard InChI is InChI=1S/C6H14BNO2/c1-7-8(2,3-5-9-7)4-6-10-7/h3-6H2,1-2H3. The van der Waals surface area contributed by atoms with Crippen LogP contribution < -0.4 is 0 Å². The third kappa shape index (κ3) is 0.616. The van der Waals surface area contributed by atoms with Gasteiger partial charge in [-0.15, -0.1) is 0 Å². The Morgan fingerprint density at radius 3 is 2.10 bits per heavy atom. The van der Waals surface area contributed by atoms with Crippen molar-refractivity contribution in [2.45, 2.75) is 6.82 Å². The van der Waals surface area contributed by atoms with E-state index in [1.165, 1.54) is 0 Å². The van der Waals surface area contributed by atoms with E-state index in [2.05, 4.69) is 13.9 Å². The van der Waals surface area contributed by atoms with E-state index >= 15 is 0 Å². The van der Waals surface area contributed by atoms with Gasteiger partial charge in [-0.3, -0.25) is 0 Å². The fourth-order valence-corrected chi connectivity index (χ4v) is 1.95. The van der Waals surface area contributed by atoms with Crippen LogP contribution >= 0.6 is 0 Å². The summed E-state index contributed by atoms with van der Waals surface area (Å²) in [7, 11) is 2.22. The van der Waals surface area contributed by atoms with Crippen molar-refractivity contribution in [3.05, 3.63) is 0 Å². The third-order valence-electron chi connectivity index (χ3n) is 3.19. The quantitative estimate of drug-likeness (QED) is 0.446. The molecule has 0 bridgehead atoms. The number of hydrogen-bond acceptors (Lipinski definition) is 2. The van der Waals surface area contributed by atoms with Crippen LogP contribution in [0.25, 0.3) is 0 Å². The fraction of sp³-hybridized carbons (Fsp3) is 1.00. The van der Waals surface area contributed by atoms with E-state index in [9.17, 15) is 0 Å². The van der Waals surface area contributed by atoms with E-state index in [0.29, 0.717) is 0 Å². The Balaban J connectivity index is 2.30. The molecule has 58 valence electrons. The number of likely N-dealkylation sites (N-methyl/N-ethyl adjacent to an activating group) is 1. The topological polar surface area (TPSA) is 18.5 Å². The van der Waals surface area contributed by atoms with Gasteiger partial charge in [0, 0.05) is 7.05 Å². The molecule has 2 fully saturated rings. The van der Waals surface area contributed by atoms with E-state index < -0.39 is 6.69 Å². The average Bonchev–Trinajstić information content (AvgIpc) is 2.20. The number of nitrogens with zero attached hydrogens (tertiary/aromatic N) is 1. The van der Waals surface area contributed by atoms with Gasteiger partial charge in [0.15, 0.2) is 0 Å². The molecule has 10 heavy (non-hydrogen) atoms. The smallest absolute Gasteiger partial charge is 0.469 e. The SMILES string of the molecule is C[B-]12OCC[N+]1(C)CCO2. The van der Waals surface area contributed by atoms with E-state index in [4.69, 9.17) is 9.31 Å². The Morgan fingerprint density at radius 2 is 1.70 bits per heavy atom. The first-order valence-corrected chi connectivity index (χ1v) is 3.96. The van der Waals surface area contributed by atoms with Gasteiger partial charge in [0.05, 0.1) is 26.3 Å². The van der Waals surface area contributed by atoms with E-state index in [1.807, 2.05) is 0 Å². The molecule has 0 atom stereocenters. The lowest BCUT2D eigenvalue weighted by Crippen LogP contribution is -2.57. The minimum atomic E-state index is -0.958. The predicted molar refractivity (Wildman–Crippen MR) is 39.4 cm³/mol. The van der Waals surface area contributed by atoms with E-state index in [1.54, 1.807) is 0 Å². The second kappa shape index (κ2) is 1.75. The molecule has 2 heterocycles. The van der Waals surface area contributed by atoms with Crippen molar-refractivity contribution in [1.82, 2.24) is 0 Å². The van der Waals surface area contributed by atoms with Gasteiger partial charge in [0.1, 0.15) is 0 Å². The van der Waals surface area contributed by atoms with Crippen molar-refractivity contribution < 1.29 is 13.7 Å². The van der Waals surface area contributed by atoms with Crippen molar-refractivity contribution in [2.24, 2.45) is 0 Å². The summed E-state index contributed by atoms with van der Waals surface area (Å²) in [5.41, 5.74) is 0. The van der Waals surface area contributed by atoms with Gasteiger partial charge in [-0.25, -0.2) is 0 Å². The molecule has 2 aliphatic heterocycles. The molecule has 0 amide bonds. The van der Waals surface area contributed by atoms with Gasteiger partial charge in [-0.1, -0.05) is 6.82 Å². The molecule has 2 aliphatic rings. The van der Waals surface area contributed by atoms with Crippen LogP contribution in [-0.2, 0) is 9.31 Å². The first kappa shape index (κ1) is 6.64. The van der Waals surface area contributed by atoms with Crippen molar-refractivity contribution in [1.29, 1.82) is 0 Å². The molecule has 2 rings (SSSR count). The maximum absolute atomic E-state index is 5.58. The van der Waals surface area contributed by atoms with Crippen molar-refractivity contribution in [2.75, 3.05) is 33.4 Å². The molecule has 3 nitrogen and oxygen atoms in total. The van der Waals surface area contributed by atoms with Gasteiger partial charge in [0.25, 0.3) is 0 Å². The molecular weight excluding hydrogens is 129 g/mol. The molecule has 0 N–H and O–H groups in total. The van der Waals surface area contributed by atoms with Crippen LogP contribution in [0.2, 0.25) is 6.82 Å². The van der Waals surface area contributed by atoms with Gasteiger partial charge in [-0.2, -0.15) is 0 Å². The van der Waals surface area contributed by atoms with Crippen molar-refractivity contribution in [3.8, 4) is 0 Å². The largest absolute Gasteiger partial charge is 0.510 e. The van der Waals surface area contributed by atoms with Crippen LogP contribution in [0, 0.1) is 0 Å². The lowest BCUT2D eigenvalue weighted by atomic mass is 9.72. The molecule has 0 unspecified atom stereocenters. The first-order valence-electron chi connectivity index (χ1n) is 3.96. The third-order valence-corrected chi connectivity index (χ3v) is 3.19. The summed E-state index contributed by atoms with van der Waals surface area (Å²) < 4.78 is 12.2.